The van der Waals surface area contributed by atoms with E-state index in [0.717, 1.165) is 99.4 Å². The van der Waals surface area contributed by atoms with Gasteiger partial charge in [0.25, 0.3) is 0 Å². The Hall–Kier alpha value is -9.65. The Morgan fingerprint density at radius 2 is 0.859 bits per heavy atom. The molecule has 0 unspecified atom stereocenters. The summed E-state index contributed by atoms with van der Waals surface area (Å²) in [6.07, 6.45) is 0. The van der Waals surface area contributed by atoms with Crippen LogP contribution in [0, 0.1) is 0 Å². The number of rotatable bonds is 6. The highest BCUT2D eigenvalue weighted by Gasteiger charge is 2.23. The van der Waals surface area contributed by atoms with Gasteiger partial charge in [-0.25, -0.2) is 15.0 Å². The summed E-state index contributed by atoms with van der Waals surface area (Å²) in [6.45, 7) is 0. The number of nitrogens with zero attached hydrogens (tertiary/aromatic N) is 5. The molecule has 15 aromatic rings. The fourth-order valence-corrected chi connectivity index (χ4v) is 11.1. The SMILES string of the molecule is c1ccc(-c2nc(-c3ccc(-n4c5ccccc5c5cc6ccccc6cc54)c(-c4cccc5oc6ccc7ccccc7c6c45)c3)nc(-c3ccc4c5ccccc5n(-c5ccccc5)c4c3)n2)cc1. The monoisotopic (exact) mass is 905 g/mol. The van der Waals surface area contributed by atoms with Crippen molar-refractivity contribution < 1.29 is 4.42 Å². The number of furan rings is 1. The van der Waals surface area contributed by atoms with Crippen molar-refractivity contribution in [1.29, 1.82) is 0 Å². The molecule has 0 fully saturated rings. The Balaban J connectivity index is 1.02. The van der Waals surface area contributed by atoms with E-state index in [1.54, 1.807) is 0 Å². The van der Waals surface area contributed by atoms with Crippen molar-refractivity contribution in [2.45, 2.75) is 0 Å². The predicted molar refractivity (Wildman–Crippen MR) is 293 cm³/mol. The van der Waals surface area contributed by atoms with Gasteiger partial charge in [-0.3, -0.25) is 0 Å². The number of aromatic nitrogens is 5. The van der Waals surface area contributed by atoms with Gasteiger partial charge in [-0.2, -0.15) is 0 Å². The third-order valence-corrected chi connectivity index (χ3v) is 14.3. The van der Waals surface area contributed by atoms with Crippen LogP contribution in [0.1, 0.15) is 0 Å². The molecule has 6 heteroatoms. The van der Waals surface area contributed by atoms with E-state index < -0.39 is 0 Å². The van der Waals surface area contributed by atoms with Gasteiger partial charge in [-0.15, -0.1) is 0 Å². The van der Waals surface area contributed by atoms with Crippen LogP contribution in [-0.2, 0) is 0 Å². The summed E-state index contributed by atoms with van der Waals surface area (Å²) in [5, 5.41) is 11.6. The first-order chi connectivity index (χ1) is 35.2. The summed E-state index contributed by atoms with van der Waals surface area (Å²) in [5.74, 6) is 1.77. The Morgan fingerprint density at radius 3 is 1.63 bits per heavy atom. The van der Waals surface area contributed by atoms with Crippen LogP contribution >= 0.6 is 0 Å². The second kappa shape index (κ2) is 15.4. The lowest BCUT2D eigenvalue weighted by Crippen LogP contribution is -2.02. The van der Waals surface area contributed by atoms with E-state index in [-0.39, 0.29) is 0 Å². The molecule has 11 aromatic carbocycles. The van der Waals surface area contributed by atoms with Crippen LogP contribution < -0.4 is 0 Å². The molecule has 4 aromatic heterocycles. The topological polar surface area (TPSA) is 61.7 Å². The van der Waals surface area contributed by atoms with Crippen LogP contribution in [0.25, 0.3) is 144 Å². The number of para-hydroxylation sites is 3. The minimum absolute atomic E-state index is 0.577. The molecule has 0 saturated carbocycles. The summed E-state index contributed by atoms with van der Waals surface area (Å²) in [4.78, 5) is 16.0. The average molecular weight is 906 g/mol. The first kappa shape index (κ1) is 39.4. The highest BCUT2D eigenvalue weighted by atomic mass is 16.3. The Labute approximate surface area is 407 Å². The average Bonchev–Trinajstić information content (AvgIpc) is 4.10. The van der Waals surface area contributed by atoms with Gasteiger partial charge >= 0.3 is 0 Å². The van der Waals surface area contributed by atoms with Crippen molar-refractivity contribution in [3.63, 3.8) is 0 Å². The van der Waals surface area contributed by atoms with Gasteiger partial charge in [0.1, 0.15) is 11.2 Å². The van der Waals surface area contributed by atoms with Gasteiger partial charge in [0.15, 0.2) is 17.5 Å². The highest BCUT2D eigenvalue weighted by Crippen LogP contribution is 2.45. The lowest BCUT2D eigenvalue weighted by molar-refractivity contribution is 0.669. The third kappa shape index (κ3) is 6.11. The predicted octanol–water partition coefficient (Wildman–Crippen LogP) is 16.9. The van der Waals surface area contributed by atoms with E-state index in [4.69, 9.17) is 19.4 Å². The molecule has 0 atom stereocenters. The maximum absolute atomic E-state index is 6.73. The second-order valence-corrected chi connectivity index (χ2v) is 18.3. The van der Waals surface area contributed by atoms with Crippen molar-refractivity contribution >= 4 is 87.1 Å². The normalized spacial score (nSPS) is 11.9. The molecule has 0 aliphatic rings. The van der Waals surface area contributed by atoms with Crippen molar-refractivity contribution in [3.8, 4) is 56.7 Å². The largest absolute Gasteiger partial charge is 0.456 e. The Morgan fingerprint density at radius 1 is 0.296 bits per heavy atom. The van der Waals surface area contributed by atoms with Crippen LogP contribution in [0.15, 0.2) is 241 Å². The molecule has 0 radical (unpaired) electrons. The summed E-state index contributed by atoms with van der Waals surface area (Å²) in [5.41, 5.74) is 13.0. The minimum atomic E-state index is 0.577. The first-order valence-corrected chi connectivity index (χ1v) is 24.0. The van der Waals surface area contributed by atoms with E-state index in [1.807, 2.05) is 18.2 Å². The lowest BCUT2D eigenvalue weighted by Gasteiger charge is -2.17. The van der Waals surface area contributed by atoms with Crippen LogP contribution in [-0.4, -0.2) is 24.1 Å². The van der Waals surface area contributed by atoms with E-state index in [9.17, 15) is 0 Å². The molecule has 330 valence electrons. The minimum Gasteiger partial charge on any atom is -0.456 e. The molecule has 71 heavy (non-hydrogen) atoms. The third-order valence-electron chi connectivity index (χ3n) is 14.3. The van der Waals surface area contributed by atoms with E-state index in [2.05, 4.69) is 228 Å². The quantitative estimate of drug-likeness (QED) is 0.167. The molecule has 0 amide bonds. The van der Waals surface area contributed by atoms with Crippen molar-refractivity contribution in [1.82, 2.24) is 24.1 Å². The van der Waals surface area contributed by atoms with Gasteiger partial charge < -0.3 is 13.6 Å². The molecule has 0 bridgehead atoms. The molecule has 4 heterocycles. The van der Waals surface area contributed by atoms with Crippen LogP contribution in [0.5, 0.6) is 0 Å². The summed E-state index contributed by atoms with van der Waals surface area (Å²) in [6, 6.07) is 84.0. The second-order valence-electron chi connectivity index (χ2n) is 18.3. The first-order valence-electron chi connectivity index (χ1n) is 24.0. The number of hydrogen-bond acceptors (Lipinski definition) is 4. The Bertz CT molecular complexity index is 4640. The van der Waals surface area contributed by atoms with E-state index in [0.29, 0.717) is 17.5 Å². The smallest absolute Gasteiger partial charge is 0.164 e. The molecule has 0 aliphatic heterocycles. The summed E-state index contributed by atoms with van der Waals surface area (Å²) >= 11 is 0. The van der Waals surface area contributed by atoms with Crippen LogP contribution in [0.3, 0.4) is 0 Å². The van der Waals surface area contributed by atoms with Crippen molar-refractivity contribution in [2.24, 2.45) is 0 Å². The van der Waals surface area contributed by atoms with Crippen molar-refractivity contribution in [2.75, 3.05) is 0 Å². The lowest BCUT2D eigenvalue weighted by atomic mass is 9.94. The molecule has 0 saturated heterocycles. The number of hydrogen-bond donors (Lipinski definition) is 0. The standard InChI is InChI=1S/C65H39N5O/c1-3-17-41(18-4-1)63-66-64(68-65(67-63)45-30-33-50-48-24-11-13-27-54(48)69(57(50)39-45)46-21-5-2-6-22-46)44-31-34-56(70-55-28-14-12-25-49(55)52-36-42-19-7-8-20-43(42)38-58(52)70)53(37-44)51-26-15-29-59-62(51)61-47-23-10-9-16-40(47)32-35-60(61)71-59/h1-39H. The fraction of sp³-hybridized carbons (Fsp3) is 0. The van der Waals surface area contributed by atoms with E-state index >= 15 is 0 Å². The fourth-order valence-electron chi connectivity index (χ4n) is 11.1. The number of benzene rings is 11. The summed E-state index contributed by atoms with van der Waals surface area (Å²) in [7, 11) is 0. The van der Waals surface area contributed by atoms with Gasteiger partial charge in [0.2, 0.25) is 0 Å². The van der Waals surface area contributed by atoms with Crippen LogP contribution in [0.2, 0.25) is 0 Å². The van der Waals surface area contributed by atoms with Gasteiger partial charge in [0, 0.05) is 60.3 Å². The number of fused-ring (bicyclic) bond motifs is 12. The van der Waals surface area contributed by atoms with Gasteiger partial charge in [-0.05, 0) is 99.9 Å². The highest BCUT2D eigenvalue weighted by molar-refractivity contribution is 6.23. The molecule has 0 spiro atoms. The molecule has 0 N–H and O–H groups in total. The molecular weight excluding hydrogens is 867 g/mol. The summed E-state index contributed by atoms with van der Waals surface area (Å²) < 4.78 is 11.5. The van der Waals surface area contributed by atoms with Crippen LogP contribution in [0.4, 0.5) is 0 Å². The maximum atomic E-state index is 6.73. The van der Waals surface area contributed by atoms with Gasteiger partial charge in [-0.1, -0.05) is 164 Å². The van der Waals surface area contributed by atoms with Crippen molar-refractivity contribution in [3.05, 3.63) is 237 Å². The van der Waals surface area contributed by atoms with E-state index in [1.165, 1.54) is 26.9 Å². The molecule has 6 nitrogen and oxygen atoms in total. The molecule has 0 aliphatic carbocycles. The molecule has 15 rings (SSSR count). The van der Waals surface area contributed by atoms with Gasteiger partial charge in [0.05, 0.1) is 27.8 Å². The zero-order valence-electron chi connectivity index (χ0n) is 38.2. The zero-order valence-corrected chi connectivity index (χ0v) is 38.2. The Kier molecular flexibility index (Phi) is 8.56. The maximum Gasteiger partial charge on any atom is 0.164 e. The molecular formula is C65H39N5O. The zero-order chi connectivity index (χ0) is 46.6.